The second kappa shape index (κ2) is 6.58. The van der Waals surface area contributed by atoms with Crippen molar-refractivity contribution in [1.29, 1.82) is 0 Å². The number of amides is 1. The summed E-state index contributed by atoms with van der Waals surface area (Å²) in [6, 6.07) is 10.3. The molecule has 2 aromatic rings. The quantitative estimate of drug-likeness (QED) is 0.937. The van der Waals surface area contributed by atoms with E-state index < -0.39 is 0 Å². The molecule has 1 N–H and O–H groups in total. The van der Waals surface area contributed by atoms with Gasteiger partial charge in [0.05, 0.1) is 6.54 Å². The van der Waals surface area contributed by atoms with Crippen molar-refractivity contribution < 1.29 is 4.79 Å². The van der Waals surface area contributed by atoms with E-state index in [0.717, 1.165) is 31.3 Å². The van der Waals surface area contributed by atoms with Gasteiger partial charge in [0.15, 0.2) is 5.13 Å². The number of piperazine rings is 1. The molecule has 110 valence electrons. The van der Waals surface area contributed by atoms with Gasteiger partial charge >= 0.3 is 0 Å². The first-order chi connectivity index (χ1) is 10.3. The molecule has 1 aliphatic heterocycles. The largest absolute Gasteiger partial charge is 0.368 e. The Morgan fingerprint density at radius 3 is 2.62 bits per heavy atom. The highest BCUT2D eigenvalue weighted by atomic mass is 32.1. The summed E-state index contributed by atoms with van der Waals surface area (Å²) in [4.78, 5) is 20.5. The van der Waals surface area contributed by atoms with E-state index in [1.807, 2.05) is 28.5 Å². The molecule has 0 spiro atoms. The number of hydrogen-bond donors (Lipinski definition) is 1. The average Bonchev–Trinajstić information content (AvgIpc) is 3.07. The van der Waals surface area contributed by atoms with Crippen LogP contribution < -0.4 is 10.2 Å². The number of para-hydroxylation sites is 1. The maximum atomic E-state index is 12.2. The van der Waals surface area contributed by atoms with Crippen molar-refractivity contribution in [3.63, 3.8) is 0 Å². The maximum absolute atomic E-state index is 12.2. The van der Waals surface area contributed by atoms with Gasteiger partial charge in [-0.05, 0) is 12.1 Å². The predicted octanol–water partition coefficient (Wildman–Crippen LogP) is 1.90. The number of hydrogen-bond acceptors (Lipinski definition) is 5. The fourth-order valence-corrected chi connectivity index (χ4v) is 2.95. The summed E-state index contributed by atoms with van der Waals surface area (Å²) in [5.41, 5.74) is 1.23. The lowest BCUT2D eigenvalue weighted by atomic mass is 10.2. The van der Waals surface area contributed by atoms with E-state index >= 15 is 0 Å². The van der Waals surface area contributed by atoms with Crippen LogP contribution in [0.5, 0.6) is 0 Å². The van der Waals surface area contributed by atoms with Crippen LogP contribution in [0.15, 0.2) is 41.9 Å². The van der Waals surface area contributed by atoms with Gasteiger partial charge in [-0.2, -0.15) is 0 Å². The van der Waals surface area contributed by atoms with E-state index in [0.29, 0.717) is 6.54 Å². The third-order valence-electron chi connectivity index (χ3n) is 3.58. The Hall–Kier alpha value is -2.08. The molecule has 1 amide bonds. The molecular formula is C15H18N4OS. The second-order valence-corrected chi connectivity index (χ2v) is 5.79. The van der Waals surface area contributed by atoms with Gasteiger partial charge in [-0.15, -0.1) is 11.3 Å². The Balaban J connectivity index is 1.48. The van der Waals surface area contributed by atoms with Crippen molar-refractivity contribution in [2.24, 2.45) is 0 Å². The third-order valence-corrected chi connectivity index (χ3v) is 4.31. The number of carbonyl (C=O) groups excluding carboxylic acids is 1. The maximum Gasteiger partial charge on any atom is 0.242 e. The molecule has 1 aliphatic rings. The molecule has 1 fully saturated rings. The Morgan fingerprint density at radius 2 is 1.95 bits per heavy atom. The van der Waals surface area contributed by atoms with E-state index in [4.69, 9.17) is 0 Å². The van der Waals surface area contributed by atoms with Gasteiger partial charge in [0.25, 0.3) is 0 Å². The van der Waals surface area contributed by atoms with Crippen LogP contribution in [0.25, 0.3) is 0 Å². The van der Waals surface area contributed by atoms with Gasteiger partial charge in [0.2, 0.25) is 5.91 Å². The monoisotopic (exact) mass is 302 g/mol. The average molecular weight is 302 g/mol. The second-order valence-electron chi connectivity index (χ2n) is 4.89. The van der Waals surface area contributed by atoms with Gasteiger partial charge in [-0.1, -0.05) is 18.2 Å². The normalized spacial score (nSPS) is 15.0. The first-order valence-electron chi connectivity index (χ1n) is 7.04. The van der Waals surface area contributed by atoms with E-state index in [9.17, 15) is 4.79 Å². The summed E-state index contributed by atoms with van der Waals surface area (Å²) in [5, 5.41) is 5.76. The molecule has 0 saturated carbocycles. The number of anilines is 2. The lowest BCUT2D eigenvalue weighted by Gasteiger charge is -2.36. The van der Waals surface area contributed by atoms with Crippen molar-refractivity contribution in [3.8, 4) is 0 Å². The molecule has 6 heteroatoms. The van der Waals surface area contributed by atoms with Crippen LogP contribution in [0.2, 0.25) is 0 Å². The zero-order chi connectivity index (χ0) is 14.5. The van der Waals surface area contributed by atoms with Crippen molar-refractivity contribution in [1.82, 2.24) is 9.88 Å². The summed E-state index contributed by atoms with van der Waals surface area (Å²) in [6.07, 6.45) is 1.73. The fourth-order valence-electron chi connectivity index (χ4n) is 2.43. The van der Waals surface area contributed by atoms with Crippen molar-refractivity contribution in [3.05, 3.63) is 41.9 Å². The van der Waals surface area contributed by atoms with Gasteiger partial charge in [0, 0.05) is 43.4 Å². The zero-order valence-corrected chi connectivity index (χ0v) is 12.6. The molecule has 1 aromatic carbocycles. The van der Waals surface area contributed by atoms with Crippen LogP contribution in [0.4, 0.5) is 10.8 Å². The summed E-state index contributed by atoms with van der Waals surface area (Å²) in [6.45, 7) is 3.62. The number of carbonyl (C=O) groups is 1. The molecule has 0 unspecified atom stereocenters. The van der Waals surface area contributed by atoms with E-state index in [2.05, 4.69) is 27.3 Å². The number of nitrogens with one attached hydrogen (secondary N) is 1. The van der Waals surface area contributed by atoms with Gasteiger partial charge in [0.1, 0.15) is 0 Å². The molecule has 3 rings (SSSR count). The van der Waals surface area contributed by atoms with Crippen molar-refractivity contribution in [2.45, 2.75) is 0 Å². The topological polar surface area (TPSA) is 48.5 Å². The molecule has 5 nitrogen and oxygen atoms in total. The number of nitrogens with zero attached hydrogens (tertiary/aromatic N) is 3. The number of benzene rings is 1. The van der Waals surface area contributed by atoms with Crippen LogP contribution in [-0.2, 0) is 4.79 Å². The van der Waals surface area contributed by atoms with Crippen LogP contribution >= 0.6 is 11.3 Å². The molecule has 0 radical (unpaired) electrons. The minimum absolute atomic E-state index is 0.137. The molecular weight excluding hydrogens is 284 g/mol. The number of aromatic nitrogens is 1. The van der Waals surface area contributed by atoms with Crippen LogP contribution in [0, 0.1) is 0 Å². The highest BCUT2D eigenvalue weighted by Gasteiger charge is 2.20. The van der Waals surface area contributed by atoms with Crippen LogP contribution in [0.3, 0.4) is 0 Å². The molecule has 0 bridgehead atoms. The molecule has 1 aromatic heterocycles. The lowest BCUT2D eigenvalue weighted by Crippen LogP contribution is -2.50. The standard InChI is InChI=1S/C15H18N4OS/c20-14(12-17-15-16-6-11-21-15)19-9-7-18(8-10-19)13-4-2-1-3-5-13/h1-6,11H,7-10,12H2,(H,16,17). The summed E-state index contributed by atoms with van der Waals surface area (Å²) in [5.74, 6) is 0.137. The minimum Gasteiger partial charge on any atom is -0.368 e. The van der Waals surface area contributed by atoms with Gasteiger partial charge in [-0.3, -0.25) is 4.79 Å². The van der Waals surface area contributed by atoms with Gasteiger partial charge < -0.3 is 15.1 Å². The first-order valence-corrected chi connectivity index (χ1v) is 7.92. The lowest BCUT2D eigenvalue weighted by molar-refractivity contribution is -0.129. The summed E-state index contributed by atoms with van der Waals surface area (Å²) in [7, 11) is 0. The Bertz CT molecular complexity index is 565. The molecule has 2 heterocycles. The number of thiazole rings is 1. The molecule has 0 atom stereocenters. The third kappa shape index (κ3) is 3.52. The molecule has 1 saturated heterocycles. The van der Waals surface area contributed by atoms with Crippen molar-refractivity contribution >= 4 is 28.1 Å². The van der Waals surface area contributed by atoms with Crippen LogP contribution in [-0.4, -0.2) is 48.5 Å². The van der Waals surface area contributed by atoms with Gasteiger partial charge in [-0.25, -0.2) is 4.98 Å². The fraction of sp³-hybridized carbons (Fsp3) is 0.333. The number of rotatable bonds is 4. The Labute approximate surface area is 128 Å². The van der Waals surface area contributed by atoms with Crippen LogP contribution in [0.1, 0.15) is 0 Å². The minimum atomic E-state index is 0.137. The summed E-state index contributed by atoms with van der Waals surface area (Å²) < 4.78 is 0. The van der Waals surface area contributed by atoms with E-state index in [1.165, 1.54) is 17.0 Å². The molecule has 21 heavy (non-hydrogen) atoms. The van der Waals surface area contributed by atoms with Crippen molar-refractivity contribution in [2.75, 3.05) is 42.9 Å². The Kier molecular flexibility index (Phi) is 4.35. The van der Waals surface area contributed by atoms with E-state index in [1.54, 1.807) is 6.20 Å². The molecule has 0 aliphatic carbocycles. The Morgan fingerprint density at radius 1 is 1.19 bits per heavy atom. The SMILES string of the molecule is O=C(CNc1nccs1)N1CCN(c2ccccc2)CC1. The predicted molar refractivity (Wildman–Crippen MR) is 85.8 cm³/mol. The smallest absolute Gasteiger partial charge is 0.242 e. The highest BCUT2D eigenvalue weighted by Crippen LogP contribution is 2.16. The zero-order valence-electron chi connectivity index (χ0n) is 11.7. The first kappa shape index (κ1) is 13.9. The highest BCUT2D eigenvalue weighted by molar-refractivity contribution is 7.13. The van der Waals surface area contributed by atoms with E-state index in [-0.39, 0.29) is 5.91 Å². The summed E-state index contributed by atoms with van der Waals surface area (Å²) >= 11 is 1.51.